The van der Waals surface area contributed by atoms with Gasteiger partial charge in [0.15, 0.2) is 0 Å². The third-order valence-electron chi connectivity index (χ3n) is 2.54. The van der Waals surface area contributed by atoms with Crippen LogP contribution in [0, 0.1) is 3.57 Å². The second-order valence-corrected chi connectivity index (χ2v) is 15.0. The third-order valence-corrected chi connectivity index (χ3v) is 15.7. The quantitative estimate of drug-likeness (QED) is 0.215. The Hall–Kier alpha value is 0.710. The number of hydrogen-bond acceptors (Lipinski definition) is 3. The third kappa shape index (κ3) is 3.15. The van der Waals surface area contributed by atoms with E-state index >= 15 is 0 Å². The molecule has 0 spiro atoms. The SMILES string of the molecule is CSC1=IC2=CC=IN2C(I(C)c2ccccc2)=N1. The number of benzene rings is 1. The molecule has 0 bridgehead atoms. The summed E-state index contributed by atoms with van der Waals surface area (Å²) in [4.78, 5) is 7.46. The molecular formula is C13H13I3N2S. The molecule has 0 atom stereocenters. The zero-order valence-corrected chi connectivity index (χ0v) is 17.8. The van der Waals surface area contributed by atoms with Gasteiger partial charge in [-0.15, -0.1) is 0 Å². The van der Waals surface area contributed by atoms with Crippen molar-refractivity contribution in [3.63, 3.8) is 0 Å². The molecule has 3 rings (SSSR count). The standard InChI is InChI=1S/C13H13I3N2S/c1-16(10-6-4-3-5-7-10)13-17-12(19-2)15-11-8-9-14-18(11)13/h3-9H,1-2H3. The van der Waals surface area contributed by atoms with Crippen LogP contribution in [0.25, 0.3) is 0 Å². The molecule has 0 aromatic heterocycles. The number of thioether (sulfide) groups is 1. The van der Waals surface area contributed by atoms with Gasteiger partial charge in [0.2, 0.25) is 0 Å². The summed E-state index contributed by atoms with van der Waals surface area (Å²) in [5.74, 6) is 0. The number of nitrogens with zero attached hydrogens (tertiary/aromatic N) is 2. The Morgan fingerprint density at radius 1 is 1.26 bits per heavy atom. The van der Waals surface area contributed by atoms with E-state index in [1.807, 2.05) is 11.8 Å². The van der Waals surface area contributed by atoms with Crippen molar-refractivity contribution in [2.75, 3.05) is 11.2 Å². The normalized spacial score (nSPS) is 18.5. The van der Waals surface area contributed by atoms with E-state index in [2.05, 4.69) is 54.7 Å². The van der Waals surface area contributed by atoms with Crippen molar-refractivity contribution in [1.82, 2.24) is 3.11 Å². The summed E-state index contributed by atoms with van der Waals surface area (Å²) in [6.45, 7) is 0. The molecule has 0 amide bonds. The average molecular weight is 610 g/mol. The van der Waals surface area contributed by atoms with Crippen molar-refractivity contribution in [3.8, 4) is 0 Å². The molecular weight excluding hydrogens is 597 g/mol. The van der Waals surface area contributed by atoms with Gasteiger partial charge in [0.1, 0.15) is 0 Å². The van der Waals surface area contributed by atoms with Gasteiger partial charge in [-0.2, -0.15) is 0 Å². The molecule has 0 fully saturated rings. The number of allylic oxidation sites excluding steroid dienone is 1. The van der Waals surface area contributed by atoms with Gasteiger partial charge in [-0.05, 0) is 0 Å². The van der Waals surface area contributed by atoms with Gasteiger partial charge in [0, 0.05) is 0 Å². The van der Waals surface area contributed by atoms with Gasteiger partial charge in [0.05, 0.1) is 0 Å². The molecule has 6 heteroatoms. The number of fused-ring (bicyclic) bond motifs is 1. The van der Waals surface area contributed by atoms with E-state index in [1.165, 1.54) is 10.4 Å². The summed E-state index contributed by atoms with van der Waals surface area (Å²) in [7, 11) is 0. The maximum atomic E-state index is 5.03. The van der Waals surface area contributed by atoms with Gasteiger partial charge in [0.25, 0.3) is 0 Å². The van der Waals surface area contributed by atoms with E-state index in [0.29, 0.717) is 0 Å². The van der Waals surface area contributed by atoms with E-state index in [4.69, 9.17) is 4.99 Å². The van der Waals surface area contributed by atoms with Crippen LogP contribution in [0.1, 0.15) is 0 Å². The van der Waals surface area contributed by atoms with Crippen LogP contribution in [0.3, 0.4) is 0 Å². The van der Waals surface area contributed by atoms with E-state index in [0.717, 1.165) is 0 Å². The fourth-order valence-electron chi connectivity index (χ4n) is 1.63. The zero-order valence-electron chi connectivity index (χ0n) is 10.5. The number of amidine groups is 1. The first-order valence-corrected chi connectivity index (χ1v) is 15.5. The zero-order chi connectivity index (χ0) is 13.2. The minimum absolute atomic E-state index is 0.0173. The summed E-state index contributed by atoms with van der Waals surface area (Å²) in [6.07, 6.45) is 4.53. The summed E-state index contributed by atoms with van der Waals surface area (Å²) in [5, 5.41) is 0. The fourth-order valence-corrected chi connectivity index (χ4v) is 15.5. The van der Waals surface area contributed by atoms with Crippen LogP contribution in [0.15, 0.2) is 45.1 Å². The first-order chi connectivity index (χ1) is 9.29. The molecule has 2 aliphatic rings. The van der Waals surface area contributed by atoms with Crippen molar-refractivity contribution in [2.45, 2.75) is 0 Å². The molecule has 2 heterocycles. The summed E-state index contributed by atoms with van der Waals surface area (Å²) >= 11 is 0.511. The Bertz CT molecular complexity index is 608. The van der Waals surface area contributed by atoms with Gasteiger partial charge in [-0.1, -0.05) is 0 Å². The van der Waals surface area contributed by atoms with Crippen molar-refractivity contribution < 1.29 is 0 Å². The van der Waals surface area contributed by atoms with Crippen molar-refractivity contribution >= 4 is 84.1 Å². The predicted octanol–water partition coefficient (Wildman–Crippen LogP) is 4.63. The molecule has 19 heavy (non-hydrogen) atoms. The van der Waals surface area contributed by atoms with Crippen LogP contribution < -0.4 is 0 Å². The Morgan fingerprint density at radius 3 is 2.79 bits per heavy atom. The van der Waals surface area contributed by atoms with Crippen LogP contribution in [0.4, 0.5) is 0 Å². The molecule has 0 saturated heterocycles. The number of hydrogen-bond donors (Lipinski definition) is 0. The first-order valence-electron chi connectivity index (χ1n) is 5.56. The molecule has 1 aromatic carbocycles. The maximum absolute atomic E-state index is 5.03. The first kappa shape index (κ1) is 14.6. The Morgan fingerprint density at radius 2 is 2.05 bits per heavy atom. The van der Waals surface area contributed by atoms with Gasteiger partial charge in [-0.3, -0.25) is 0 Å². The molecule has 2 nitrogen and oxygen atoms in total. The Kier molecular flexibility index (Phi) is 5.12. The van der Waals surface area contributed by atoms with Crippen LogP contribution in [-0.4, -0.2) is 25.1 Å². The number of alkyl halides is 1. The summed E-state index contributed by atoms with van der Waals surface area (Å²) in [6, 6.07) is 11.0. The van der Waals surface area contributed by atoms with Gasteiger partial charge >= 0.3 is 147 Å². The molecule has 0 aliphatic carbocycles. The van der Waals surface area contributed by atoms with Gasteiger partial charge in [-0.25, -0.2) is 0 Å². The molecule has 1 aromatic rings. The number of aliphatic imine (C=N–C) groups is 1. The van der Waals surface area contributed by atoms with Gasteiger partial charge < -0.3 is 0 Å². The van der Waals surface area contributed by atoms with Crippen LogP contribution >= 0.6 is 73.3 Å². The Labute approximate surface area is 145 Å². The number of halogens is 3. The predicted molar refractivity (Wildman–Crippen MR) is 115 cm³/mol. The molecule has 0 N–H and O–H groups in total. The topological polar surface area (TPSA) is 15.6 Å². The van der Waals surface area contributed by atoms with Crippen LogP contribution in [0.5, 0.6) is 0 Å². The molecule has 0 unspecified atom stereocenters. The molecule has 2 aliphatic heterocycles. The molecule has 0 radical (unpaired) electrons. The van der Waals surface area contributed by atoms with E-state index in [-0.39, 0.29) is 41.7 Å². The second kappa shape index (κ2) is 6.65. The fraction of sp³-hybridized carbons (Fsp3) is 0.154. The van der Waals surface area contributed by atoms with E-state index in [1.54, 1.807) is 3.70 Å². The van der Waals surface area contributed by atoms with Crippen molar-refractivity contribution in [1.29, 1.82) is 0 Å². The summed E-state index contributed by atoms with van der Waals surface area (Å²) < 4.78 is 10.9. The van der Waals surface area contributed by atoms with E-state index < -0.39 is 19.8 Å². The monoisotopic (exact) mass is 610 g/mol. The molecule has 102 valence electrons. The van der Waals surface area contributed by atoms with E-state index in [9.17, 15) is 0 Å². The Balaban J connectivity index is 1.99. The summed E-state index contributed by atoms with van der Waals surface area (Å²) in [5.41, 5.74) is 0. The number of rotatable bonds is 3. The molecule has 0 saturated carbocycles. The van der Waals surface area contributed by atoms with Crippen molar-refractivity contribution in [2.24, 2.45) is 4.99 Å². The second-order valence-electron chi connectivity index (χ2n) is 3.69. The van der Waals surface area contributed by atoms with Crippen molar-refractivity contribution in [3.05, 3.63) is 43.7 Å². The average Bonchev–Trinajstić information content (AvgIpc) is 2.94. The minimum atomic E-state index is -1.34. The van der Waals surface area contributed by atoms with Crippen LogP contribution in [-0.2, 0) is 0 Å². The van der Waals surface area contributed by atoms with Crippen LogP contribution in [0.2, 0.25) is 0 Å².